The van der Waals surface area contributed by atoms with E-state index in [9.17, 15) is 24.4 Å². The number of amides is 4. The van der Waals surface area contributed by atoms with E-state index < -0.39 is 35.7 Å². The molecule has 2 bridgehead atoms. The van der Waals surface area contributed by atoms with Gasteiger partial charge in [0.15, 0.2) is 0 Å². The Labute approximate surface area is 210 Å². The molecule has 3 N–H and O–H groups in total. The standard InChI is InChI=1S/C25H32N6O5/c1-25(2,3)36-24(35)28-18(22(33)30-10-6-7-15(30)12-26)14-29-13-16-11-20(29)23(34)31(16)19-9-5-4-8-17(19)21(27)32/h4-5,8-9,15-16,18,20H,6-7,10-11,13-14H2,1-3H3,(H2,27,32)(H,28,35)/t15-,16?,18-,20-/m0/s1. The Kier molecular flexibility index (Phi) is 6.91. The molecule has 11 nitrogen and oxygen atoms in total. The number of benzene rings is 1. The van der Waals surface area contributed by atoms with Crippen LogP contribution in [0, 0.1) is 11.3 Å². The summed E-state index contributed by atoms with van der Waals surface area (Å²) in [6.07, 6.45) is 1.10. The number of ether oxygens (including phenoxy) is 1. The van der Waals surface area contributed by atoms with Crippen molar-refractivity contribution in [1.29, 1.82) is 5.26 Å². The molecule has 3 aliphatic rings. The van der Waals surface area contributed by atoms with Crippen molar-refractivity contribution in [2.75, 3.05) is 24.5 Å². The number of fused-ring (bicyclic) bond motifs is 2. The lowest BCUT2D eigenvalue weighted by Gasteiger charge is -2.36. The molecule has 4 amide bonds. The molecule has 11 heteroatoms. The first-order valence-electron chi connectivity index (χ1n) is 12.2. The molecule has 3 fully saturated rings. The second-order valence-electron chi connectivity index (χ2n) is 10.5. The van der Waals surface area contributed by atoms with Crippen molar-refractivity contribution in [2.45, 2.75) is 69.8 Å². The van der Waals surface area contributed by atoms with E-state index in [1.54, 1.807) is 49.9 Å². The minimum absolute atomic E-state index is 0.102. The molecule has 3 heterocycles. The summed E-state index contributed by atoms with van der Waals surface area (Å²) in [6, 6.07) is 6.68. The molecular formula is C25H32N6O5. The van der Waals surface area contributed by atoms with Gasteiger partial charge in [-0.3, -0.25) is 19.3 Å². The topological polar surface area (TPSA) is 149 Å². The second kappa shape index (κ2) is 9.78. The number of carbonyl (C=O) groups excluding carboxylic acids is 4. The summed E-state index contributed by atoms with van der Waals surface area (Å²) in [5, 5.41) is 12.1. The van der Waals surface area contributed by atoms with Crippen molar-refractivity contribution < 1.29 is 23.9 Å². The maximum atomic E-state index is 13.4. The van der Waals surface area contributed by atoms with Gasteiger partial charge in [0, 0.05) is 19.6 Å². The van der Waals surface area contributed by atoms with Gasteiger partial charge in [-0.1, -0.05) is 12.1 Å². The second-order valence-corrected chi connectivity index (χ2v) is 10.5. The van der Waals surface area contributed by atoms with Crippen LogP contribution in [0.5, 0.6) is 0 Å². The van der Waals surface area contributed by atoms with Crippen molar-refractivity contribution in [3.8, 4) is 6.07 Å². The van der Waals surface area contributed by atoms with Crippen molar-refractivity contribution in [2.24, 2.45) is 5.73 Å². The largest absolute Gasteiger partial charge is 0.444 e. The van der Waals surface area contributed by atoms with Crippen molar-refractivity contribution >= 4 is 29.5 Å². The molecule has 1 aromatic rings. The average Bonchev–Trinajstić information content (AvgIpc) is 3.51. The summed E-state index contributed by atoms with van der Waals surface area (Å²) in [4.78, 5) is 56.3. The summed E-state index contributed by atoms with van der Waals surface area (Å²) in [6.45, 7) is 6.19. The van der Waals surface area contributed by atoms with Crippen molar-refractivity contribution in [3.05, 3.63) is 29.8 Å². The van der Waals surface area contributed by atoms with Gasteiger partial charge in [0.25, 0.3) is 5.91 Å². The summed E-state index contributed by atoms with van der Waals surface area (Å²) < 4.78 is 5.37. The molecular weight excluding hydrogens is 464 g/mol. The van der Waals surface area contributed by atoms with Gasteiger partial charge in [-0.25, -0.2) is 4.79 Å². The molecule has 1 aromatic carbocycles. The molecule has 4 atom stereocenters. The van der Waals surface area contributed by atoms with E-state index in [4.69, 9.17) is 10.5 Å². The van der Waals surface area contributed by atoms with Crippen LogP contribution in [0.1, 0.15) is 50.4 Å². The number of piperazine rings is 1. The summed E-state index contributed by atoms with van der Waals surface area (Å²) in [5.74, 6) is -1.15. The summed E-state index contributed by atoms with van der Waals surface area (Å²) in [5.41, 5.74) is 5.53. The third-order valence-corrected chi connectivity index (χ3v) is 6.79. The molecule has 0 saturated carbocycles. The number of nitrogens with two attached hydrogens (primary N) is 1. The van der Waals surface area contributed by atoms with Gasteiger partial charge in [0.05, 0.1) is 29.4 Å². The molecule has 0 spiro atoms. The highest BCUT2D eigenvalue weighted by molar-refractivity contribution is 6.07. The number of primary amides is 1. The SMILES string of the molecule is CC(C)(C)OC(=O)N[C@@H](CN1CC2C[C@H]1C(=O)N2c1ccccc1C(N)=O)C(=O)N1CCC[C@H]1C#N. The number of rotatable bonds is 6. The Morgan fingerprint density at radius 2 is 2.00 bits per heavy atom. The van der Waals surface area contributed by atoms with E-state index in [0.29, 0.717) is 38.0 Å². The molecule has 0 aromatic heterocycles. The average molecular weight is 497 g/mol. The molecule has 3 saturated heterocycles. The van der Waals surface area contributed by atoms with Crippen LogP contribution in [-0.4, -0.2) is 83.0 Å². The Balaban J connectivity index is 1.52. The number of hydrogen-bond acceptors (Lipinski definition) is 7. The fourth-order valence-corrected chi connectivity index (χ4v) is 5.31. The number of likely N-dealkylation sites (tertiary alicyclic amines) is 2. The van der Waals surface area contributed by atoms with Gasteiger partial charge in [-0.2, -0.15) is 5.26 Å². The first-order valence-corrected chi connectivity index (χ1v) is 12.2. The fourth-order valence-electron chi connectivity index (χ4n) is 5.31. The number of carbonyl (C=O) groups is 4. The predicted molar refractivity (Wildman–Crippen MR) is 130 cm³/mol. The number of nitrogens with zero attached hydrogens (tertiary/aromatic N) is 4. The number of anilines is 1. The highest BCUT2D eigenvalue weighted by atomic mass is 16.6. The zero-order valence-electron chi connectivity index (χ0n) is 20.8. The van der Waals surface area contributed by atoms with Gasteiger partial charge < -0.3 is 25.6 Å². The zero-order chi connectivity index (χ0) is 26.2. The highest BCUT2D eigenvalue weighted by Gasteiger charge is 2.51. The lowest BCUT2D eigenvalue weighted by atomic mass is 10.1. The zero-order valence-corrected chi connectivity index (χ0v) is 20.8. The quantitative estimate of drug-likeness (QED) is 0.596. The lowest BCUT2D eigenvalue weighted by Crippen LogP contribution is -2.59. The van der Waals surface area contributed by atoms with Gasteiger partial charge in [0.1, 0.15) is 17.7 Å². The Hall–Kier alpha value is -3.65. The Morgan fingerprint density at radius 3 is 2.64 bits per heavy atom. The van der Waals surface area contributed by atoms with E-state index in [2.05, 4.69) is 11.4 Å². The number of hydrogen-bond donors (Lipinski definition) is 2. The normalized spacial score (nSPS) is 24.5. The van der Waals surface area contributed by atoms with Crippen LogP contribution in [0.4, 0.5) is 10.5 Å². The first-order chi connectivity index (χ1) is 17.0. The number of nitrogens with one attached hydrogen (secondary N) is 1. The third kappa shape index (κ3) is 4.99. The lowest BCUT2D eigenvalue weighted by molar-refractivity contribution is -0.135. The molecule has 0 radical (unpaired) electrons. The third-order valence-electron chi connectivity index (χ3n) is 6.79. The minimum Gasteiger partial charge on any atom is -0.444 e. The van der Waals surface area contributed by atoms with Crippen molar-refractivity contribution in [3.63, 3.8) is 0 Å². The summed E-state index contributed by atoms with van der Waals surface area (Å²) in [7, 11) is 0. The highest BCUT2D eigenvalue weighted by Crippen LogP contribution is 2.37. The number of nitriles is 1. The number of para-hydroxylation sites is 1. The molecule has 36 heavy (non-hydrogen) atoms. The van der Waals surface area contributed by atoms with E-state index in [0.717, 1.165) is 0 Å². The van der Waals surface area contributed by atoms with E-state index >= 15 is 0 Å². The van der Waals surface area contributed by atoms with Crippen LogP contribution in [0.25, 0.3) is 0 Å². The molecule has 192 valence electrons. The van der Waals surface area contributed by atoms with Gasteiger partial charge >= 0.3 is 6.09 Å². The molecule has 0 aliphatic carbocycles. The van der Waals surface area contributed by atoms with Crippen LogP contribution < -0.4 is 16.0 Å². The van der Waals surface area contributed by atoms with Gasteiger partial charge in [0.2, 0.25) is 11.8 Å². The van der Waals surface area contributed by atoms with Crippen LogP contribution in [-0.2, 0) is 14.3 Å². The van der Waals surface area contributed by atoms with Gasteiger partial charge in [-0.05, 0) is 52.2 Å². The Morgan fingerprint density at radius 1 is 1.28 bits per heavy atom. The number of alkyl carbamates (subject to hydrolysis) is 1. The van der Waals surface area contributed by atoms with Crippen molar-refractivity contribution in [1.82, 2.24) is 15.1 Å². The fraction of sp³-hybridized carbons (Fsp3) is 0.560. The van der Waals surface area contributed by atoms with E-state index in [1.807, 2.05) is 4.90 Å². The molecule has 3 aliphatic heterocycles. The van der Waals surface area contributed by atoms with E-state index in [1.165, 1.54) is 4.90 Å². The van der Waals surface area contributed by atoms with Crippen LogP contribution in [0.3, 0.4) is 0 Å². The smallest absolute Gasteiger partial charge is 0.408 e. The maximum Gasteiger partial charge on any atom is 0.408 e. The van der Waals surface area contributed by atoms with Gasteiger partial charge in [-0.15, -0.1) is 0 Å². The molecule has 1 unspecified atom stereocenters. The minimum atomic E-state index is -0.979. The molecule has 4 rings (SSSR count). The van der Waals surface area contributed by atoms with Crippen LogP contribution >= 0.6 is 0 Å². The van der Waals surface area contributed by atoms with Crippen LogP contribution in [0.2, 0.25) is 0 Å². The summed E-state index contributed by atoms with van der Waals surface area (Å²) >= 11 is 0. The van der Waals surface area contributed by atoms with E-state index in [-0.39, 0.29) is 30.0 Å². The predicted octanol–water partition coefficient (Wildman–Crippen LogP) is 0.983. The first kappa shape index (κ1) is 25.4. The maximum absolute atomic E-state index is 13.4. The monoisotopic (exact) mass is 496 g/mol. The van der Waals surface area contributed by atoms with Crippen LogP contribution in [0.15, 0.2) is 24.3 Å². The Bertz CT molecular complexity index is 1110.